The highest BCUT2D eigenvalue weighted by Crippen LogP contribution is 2.43. The van der Waals surface area contributed by atoms with Crippen molar-refractivity contribution in [1.82, 2.24) is 4.90 Å². The zero-order chi connectivity index (χ0) is 18.0. The number of rotatable bonds is 5. The molecule has 3 rings (SSSR count). The Labute approximate surface area is 162 Å². The van der Waals surface area contributed by atoms with Gasteiger partial charge in [-0.15, -0.1) is 0 Å². The van der Waals surface area contributed by atoms with Crippen LogP contribution in [-0.4, -0.2) is 50.9 Å². The zero-order valence-corrected chi connectivity index (χ0v) is 17.2. The van der Waals surface area contributed by atoms with Crippen molar-refractivity contribution in [2.75, 3.05) is 40.0 Å². The van der Waals surface area contributed by atoms with E-state index in [1.807, 2.05) is 6.07 Å². The molecule has 1 aromatic carbocycles. The van der Waals surface area contributed by atoms with Gasteiger partial charge in [-0.1, -0.05) is 0 Å². The molecule has 1 saturated heterocycles. The first-order chi connectivity index (χ1) is 12.1. The highest BCUT2D eigenvalue weighted by molar-refractivity contribution is 9.11. The van der Waals surface area contributed by atoms with E-state index in [0.717, 1.165) is 17.6 Å². The molecule has 0 unspecified atom stereocenters. The van der Waals surface area contributed by atoms with Gasteiger partial charge in [0.05, 0.1) is 47.8 Å². The van der Waals surface area contributed by atoms with E-state index in [1.165, 1.54) is 0 Å². The van der Waals surface area contributed by atoms with Crippen LogP contribution in [0.15, 0.2) is 19.4 Å². The normalized spacial score (nSPS) is 15.5. The number of esters is 1. The van der Waals surface area contributed by atoms with Crippen LogP contribution in [0.25, 0.3) is 11.0 Å². The molecule has 25 heavy (non-hydrogen) atoms. The number of carbonyl (C=O) groups excluding carboxylic acids is 1. The summed E-state index contributed by atoms with van der Waals surface area (Å²) in [6.07, 6.45) is 0. The van der Waals surface area contributed by atoms with Gasteiger partial charge in [0.15, 0.2) is 0 Å². The van der Waals surface area contributed by atoms with Gasteiger partial charge in [0.1, 0.15) is 22.7 Å². The highest BCUT2D eigenvalue weighted by Gasteiger charge is 2.28. The second-order valence-electron chi connectivity index (χ2n) is 5.59. The van der Waals surface area contributed by atoms with Crippen LogP contribution >= 0.6 is 31.9 Å². The molecule has 2 heterocycles. The van der Waals surface area contributed by atoms with Gasteiger partial charge in [-0.3, -0.25) is 4.90 Å². The summed E-state index contributed by atoms with van der Waals surface area (Å²) in [5, 5.41) is 0.668. The van der Waals surface area contributed by atoms with Gasteiger partial charge in [-0.05, 0) is 44.8 Å². The number of carbonyl (C=O) groups is 1. The lowest BCUT2D eigenvalue weighted by Gasteiger charge is -2.25. The minimum atomic E-state index is -0.394. The summed E-state index contributed by atoms with van der Waals surface area (Å²) in [7, 11) is 1.58. The number of hydrogen-bond donors (Lipinski definition) is 0. The third-order valence-electron chi connectivity index (χ3n) is 4.06. The maximum Gasteiger partial charge on any atom is 0.342 e. The van der Waals surface area contributed by atoms with Gasteiger partial charge in [0, 0.05) is 13.1 Å². The minimum Gasteiger partial charge on any atom is -0.494 e. The molecule has 0 spiro atoms. The Kier molecular flexibility index (Phi) is 6.04. The fourth-order valence-electron chi connectivity index (χ4n) is 2.90. The molecule has 8 heteroatoms. The summed E-state index contributed by atoms with van der Waals surface area (Å²) in [5.41, 5.74) is 1.05. The molecule has 0 aliphatic carbocycles. The Morgan fingerprint density at radius 3 is 2.68 bits per heavy atom. The number of methoxy groups -OCH3 is 1. The third-order valence-corrected chi connectivity index (χ3v) is 5.40. The maximum absolute atomic E-state index is 12.6. The largest absolute Gasteiger partial charge is 0.494 e. The summed E-state index contributed by atoms with van der Waals surface area (Å²) in [6.45, 7) is 5.57. The molecule has 0 amide bonds. The number of benzene rings is 1. The molecule has 0 bridgehead atoms. The fraction of sp³-hybridized carbons (Fsp3) is 0.471. The number of fused-ring (bicyclic) bond motifs is 1. The number of ether oxygens (including phenoxy) is 3. The van der Waals surface area contributed by atoms with Gasteiger partial charge in [0.2, 0.25) is 0 Å². The first kappa shape index (κ1) is 18.7. The quantitative estimate of drug-likeness (QED) is 0.608. The predicted octanol–water partition coefficient (Wildman–Crippen LogP) is 3.98. The molecule has 6 nitrogen and oxygen atoms in total. The van der Waals surface area contributed by atoms with Gasteiger partial charge >= 0.3 is 5.97 Å². The standard InChI is InChI=1S/C17H19Br2NO5/c1-3-24-17(21)14-12(9-20-4-6-23-7-5-20)25-11-8-10(18)16(22-2)15(19)13(11)14/h8H,3-7,9H2,1-2H3. The van der Waals surface area contributed by atoms with Crippen molar-refractivity contribution in [1.29, 1.82) is 0 Å². The van der Waals surface area contributed by atoms with E-state index < -0.39 is 5.97 Å². The molecule has 1 aliphatic heterocycles. The molecule has 0 atom stereocenters. The van der Waals surface area contributed by atoms with Gasteiger partial charge in [-0.2, -0.15) is 0 Å². The summed E-state index contributed by atoms with van der Waals surface area (Å²) >= 11 is 7.02. The molecule has 0 saturated carbocycles. The van der Waals surface area contributed by atoms with Gasteiger partial charge in [-0.25, -0.2) is 4.79 Å². The Bertz CT molecular complexity index is 783. The van der Waals surface area contributed by atoms with E-state index in [2.05, 4.69) is 36.8 Å². The van der Waals surface area contributed by atoms with Crippen molar-refractivity contribution in [3.8, 4) is 5.75 Å². The summed E-state index contributed by atoms with van der Waals surface area (Å²) < 4.78 is 23.5. The van der Waals surface area contributed by atoms with E-state index in [-0.39, 0.29) is 0 Å². The van der Waals surface area contributed by atoms with Crippen LogP contribution in [-0.2, 0) is 16.0 Å². The minimum absolute atomic E-state index is 0.299. The molecule has 2 aromatic rings. The van der Waals surface area contributed by atoms with Crippen LogP contribution in [0.1, 0.15) is 23.0 Å². The van der Waals surface area contributed by atoms with E-state index in [4.69, 9.17) is 18.6 Å². The second kappa shape index (κ2) is 8.07. The third kappa shape index (κ3) is 3.72. The first-order valence-corrected chi connectivity index (χ1v) is 9.60. The number of hydrogen-bond acceptors (Lipinski definition) is 6. The highest BCUT2D eigenvalue weighted by atomic mass is 79.9. The van der Waals surface area contributed by atoms with Gasteiger partial charge < -0.3 is 18.6 Å². The smallest absolute Gasteiger partial charge is 0.342 e. The monoisotopic (exact) mass is 475 g/mol. The van der Waals surface area contributed by atoms with Crippen LogP contribution in [0.2, 0.25) is 0 Å². The van der Waals surface area contributed by atoms with Crippen molar-refractivity contribution >= 4 is 48.8 Å². The lowest BCUT2D eigenvalue weighted by atomic mass is 10.1. The lowest BCUT2D eigenvalue weighted by Crippen LogP contribution is -2.35. The van der Waals surface area contributed by atoms with Gasteiger partial charge in [0.25, 0.3) is 0 Å². The summed E-state index contributed by atoms with van der Waals surface area (Å²) in [5.74, 6) is 0.808. The van der Waals surface area contributed by atoms with Crippen LogP contribution in [0, 0.1) is 0 Å². The molecule has 1 aliphatic rings. The zero-order valence-electron chi connectivity index (χ0n) is 14.1. The molecular weight excluding hydrogens is 458 g/mol. The van der Waals surface area contributed by atoms with Crippen LogP contribution in [0.5, 0.6) is 5.75 Å². The molecule has 1 fully saturated rings. The first-order valence-electron chi connectivity index (χ1n) is 8.01. The lowest BCUT2D eigenvalue weighted by molar-refractivity contribution is 0.0309. The van der Waals surface area contributed by atoms with Crippen molar-refractivity contribution in [3.63, 3.8) is 0 Å². The SMILES string of the molecule is CCOC(=O)c1c(CN2CCOCC2)oc2cc(Br)c(OC)c(Br)c12. The Morgan fingerprint density at radius 2 is 2.04 bits per heavy atom. The van der Waals surface area contributed by atoms with Crippen LogP contribution in [0.3, 0.4) is 0 Å². The van der Waals surface area contributed by atoms with Crippen molar-refractivity contribution in [2.24, 2.45) is 0 Å². The summed E-state index contributed by atoms with van der Waals surface area (Å²) in [4.78, 5) is 14.8. The average molecular weight is 477 g/mol. The van der Waals surface area contributed by atoms with Crippen molar-refractivity contribution in [3.05, 3.63) is 26.3 Å². The maximum atomic E-state index is 12.6. The molecular formula is C17H19Br2NO5. The second-order valence-corrected chi connectivity index (χ2v) is 7.24. The Balaban J connectivity index is 2.12. The van der Waals surface area contributed by atoms with E-state index in [9.17, 15) is 4.79 Å². The molecule has 0 N–H and O–H groups in total. The van der Waals surface area contributed by atoms with Crippen molar-refractivity contribution < 1.29 is 23.4 Å². The average Bonchev–Trinajstić information content (AvgIpc) is 2.94. The summed E-state index contributed by atoms with van der Waals surface area (Å²) in [6, 6.07) is 1.81. The number of morpholine rings is 1. The molecule has 136 valence electrons. The van der Waals surface area contributed by atoms with E-state index in [0.29, 0.717) is 58.9 Å². The van der Waals surface area contributed by atoms with Crippen molar-refractivity contribution in [2.45, 2.75) is 13.5 Å². The van der Waals surface area contributed by atoms with E-state index >= 15 is 0 Å². The van der Waals surface area contributed by atoms with Crippen LogP contribution < -0.4 is 4.74 Å². The number of furan rings is 1. The Morgan fingerprint density at radius 1 is 1.32 bits per heavy atom. The number of nitrogens with zero attached hydrogens (tertiary/aromatic N) is 1. The molecule has 0 radical (unpaired) electrons. The van der Waals surface area contributed by atoms with Crippen LogP contribution in [0.4, 0.5) is 0 Å². The molecule has 1 aromatic heterocycles. The fourth-order valence-corrected chi connectivity index (χ4v) is 4.50. The van der Waals surface area contributed by atoms with E-state index in [1.54, 1.807) is 14.0 Å². The Hall–Kier alpha value is -1.09. The predicted molar refractivity (Wildman–Crippen MR) is 100 cm³/mol. The topological polar surface area (TPSA) is 61.1 Å². The number of halogens is 2.